The van der Waals surface area contributed by atoms with Crippen LogP contribution in [0.25, 0.3) is 5.76 Å². The summed E-state index contributed by atoms with van der Waals surface area (Å²) < 4.78 is 19.9. The van der Waals surface area contributed by atoms with Crippen molar-refractivity contribution < 1.29 is 14.0 Å². The van der Waals surface area contributed by atoms with E-state index < -0.39 is 0 Å². The SMILES string of the molecule is C[NH+](C)CC1=C(c2cccs2)Oc2ccccc2C1c1ccc(F)cc1. The van der Waals surface area contributed by atoms with Crippen LogP contribution < -0.4 is 9.64 Å². The Hall–Kier alpha value is -2.43. The molecule has 0 saturated carbocycles. The maximum absolute atomic E-state index is 13.5. The summed E-state index contributed by atoms with van der Waals surface area (Å²) in [6.45, 7) is 0.851. The van der Waals surface area contributed by atoms with Crippen LogP contribution in [0, 0.1) is 5.82 Å². The van der Waals surface area contributed by atoms with Crippen LogP contribution in [0.15, 0.2) is 71.6 Å². The molecule has 1 unspecified atom stereocenters. The molecule has 2 aromatic carbocycles. The van der Waals surface area contributed by atoms with Gasteiger partial charge in [-0.25, -0.2) is 4.39 Å². The zero-order valence-electron chi connectivity index (χ0n) is 14.8. The Morgan fingerprint density at radius 1 is 1.00 bits per heavy atom. The minimum Gasteiger partial charge on any atom is -0.455 e. The second kappa shape index (κ2) is 7.06. The van der Waals surface area contributed by atoms with Crippen LogP contribution in [0.4, 0.5) is 4.39 Å². The molecule has 132 valence electrons. The number of thiophene rings is 1. The first-order valence-corrected chi connectivity index (χ1v) is 9.59. The maximum Gasteiger partial charge on any atom is 0.150 e. The van der Waals surface area contributed by atoms with Gasteiger partial charge in [-0.3, -0.25) is 0 Å². The monoisotopic (exact) mass is 366 g/mol. The second-order valence-electron chi connectivity index (χ2n) is 6.84. The fourth-order valence-corrected chi connectivity index (χ4v) is 4.26. The summed E-state index contributed by atoms with van der Waals surface area (Å²) in [7, 11) is 4.28. The van der Waals surface area contributed by atoms with Gasteiger partial charge in [-0.05, 0) is 35.2 Å². The van der Waals surface area contributed by atoms with Gasteiger partial charge in [0.05, 0.1) is 19.0 Å². The number of ether oxygens (including phenoxy) is 1. The summed E-state index contributed by atoms with van der Waals surface area (Å²) in [6.07, 6.45) is 0. The molecule has 0 amide bonds. The Labute approximate surface area is 157 Å². The van der Waals surface area contributed by atoms with E-state index >= 15 is 0 Å². The molecular weight excluding hydrogens is 345 g/mol. The van der Waals surface area contributed by atoms with E-state index in [9.17, 15) is 4.39 Å². The Balaban J connectivity index is 1.94. The zero-order chi connectivity index (χ0) is 18.1. The van der Waals surface area contributed by atoms with Gasteiger partial charge in [0, 0.05) is 17.1 Å². The van der Waals surface area contributed by atoms with Gasteiger partial charge in [-0.2, -0.15) is 0 Å². The molecule has 2 nitrogen and oxygen atoms in total. The lowest BCUT2D eigenvalue weighted by Crippen LogP contribution is -3.06. The number of halogens is 1. The van der Waals surface area contributed by atoms with E-state index in [-0.39, 0.29) is 11.7 Å². The molecule has 3 aromatic rings. The van der Waals surface area contributed by atoms with Gasteiger partial charge in [0.15, 0.2) is 0 Å². The van der Waals surface area contributed by atoms with E-state index in [4.69, 9.17) is 4.74 Å². The number of likely N-dealkylation sites (N-methyl/N-ethyl adjacent to an activating group) is 1. The Bertz CT molecular complexity index is 929. The molecule has 26 heavy (non-hydrogen) atoms. The molecule has 1 N–H and O–H groups in total. The molecule has 1 aliphatic rings. The van der Waals surface area contributed by atoms with Crippen molar-refractivity contribution in [2.45, 2.75) is 5.92 Å². The molecule has 0 bridgehead atoms. The van der Waals surface area contributed by atoms with E-state index in [1.54, 1.807) is 23.5 Å². The van der Waals surface area contributed by atoms with Crippen LogP contribution in [-0.2, 0) is 0 Å². The number of rotatable bonds is 4. The number of hydrogen-bond donors (Lipinski definition) is 1. The van der Waals surface area contributed by atoms with Crippen molar-refractivity contribution in [1.82, 2.24) is 0 Å². The topological polar surface area (TPSA) is 13.7 Å². The van der Waals surface area contributed by atoms with Crippen molar-refractivity contribution in [1.29, 1.82) is 0 Å². The highest BCUT2D eigenvalue weighted by atomic mass is 32.1. The normalized spacial score (nSPS) is 16.5. The summed E-state index contributed by atoms with van der Waals surface area (Å²) in [5.74, 6) is 1.67. The standard InChI is InChI=1S/C22H20FNOS/c1-24(2)14-18-21(15-9-11-16(23)12-10-15)17-6-3-4-7-19(17)25-22(18)20-8-5-13-26-20/h3-13,21H,14H2,1-2H3/p+1. The van der Waals surface area contributed by atoms with Crippen molar-refractivity contribution in [2.75, 3.05) is 20.6 Å². The van der Waals surface area contributed by atoms with Crippen LogP contribution >= 0.6 is 11.3 Å². The molecule has 0 saturated heterocycles. The molecule has 1 aromatic heterocycles. The summed E-state index contributed by atoms with van der Waals surface area (Å²) in [5, 5.41) is 2.07. The summed E-state index contributed by atoms with van der Waals surface area (Å²) in [5.41, 5.74) is 3.46. The van der Waals surface area contributed by atoms with Gasteiger partial charge in [0.1, 0.15) is 23.9 Å². The lowest BCUT2D eigenvalue weighted by Gasteiger charge is -2.31. The largest absolute Gasteiger partial charge is 0.455 e. The molecule has 4 rings (SSSR count). The maximum atomic E-state index is 13.5. The third-order valence-electron chi connectivity index (χ3n) is 4.57. The number of nitrogens with one attached hydrogen (secondary N) is 1. The van der Waals surface area contributed by atoms with Crippen molar-refractivity contribution in [2.24, 2.45) is 0 Å². The first-order chi connectivity index (χ1) is 12.6. The lowest BCUT2D eigenvalue weighted by atomic mass is 9.81. The van der Waals surface area contributed by atoms with Gasteiger partial charge in [0.2, 0.25) is 0 Å². The van der Waals surface area contributed by atoms with E-state index in [0.29, 0.717) is 0 Å². The molecule has 0 fully saturated rings. The highest BCUT2D eigenvalue weighted by Gasteiger charge is 2.33. The van der Waals surface area contributed by atoms with Gasteiger partial charge in [-0.1, -0.05) is 36.4 Å². The van der Waals surface area contributed by atoms with Crippen LogP contribution in [0.1, 0.15) is 21.9 Å². The van der Waals surface area contributed by atoms with Crippen LogP contribution in [0.5, 0.6) is 5.75 Å². The molecule has 1 aliphatic heterocycles. The van der Waals surface area contributed by atoms with Crippen LogP contribution in [0.3, 0.4) is 0 Å². The molecule has 4 heteroatoms. The van der Waals surface area contributed by atoms with Crippen molar-refractivity contribution in [3.63, 3.8) is 0 Å². The smallest absolute Gasteiger partial charge is 0.150 e. The molecule has 0 radical (unpaired) electrons. The Morgan fingerprint density at radius 2 is 1.77 bits per heavy atom. The first kappa shape index (κ1) is 17.0. The fourth-order valence-electron chi connectivity index (χ4n) is 3.52. The minimum atomic E-state index is -0.212. The van der Waals surface area contributed by atoms with Gasteiger partial charge in [-0.15, -0.1) is 11.3 Å². The zero-order valence-corrected chi connectivity index (χ0v) is 15.6. The predicted molar refractivity (Wildman–Crippen MR) is 104 cm³/mol. The minimum absolute atomic E-state index is 0.0625. The first-order valence-electron chi connectivity index (χ1n) is 8.71. The number of quaternary nitrogens is 1. The van der Waals surface area contributed by atoms with E-state index in [1.165, 1.54) is 10.5 Å². The molecule has 0 spiro atoms. The molecular formula is C22H21FNOS+. The van der Waals surface area contributed by atoms with Crippen molar-refractivity contribution in [3.8, 4) is 5.75 Å². The summed E-state index contributed by atoms with van der Waals surface area (Å²) in [4.78, 5) is 2.45. The lowest BCUT2D eigenvalue weighted by molar-refractivity contribution is -0.853. The van der Waals surface area contributed by atoms with E-state index in [2.05, 4.69) is 31.6 Å². The van der Waals surface area contributed by atoms with Crippen molar-refractivity contribution >= 4 is 17.1 Å². The Morgan fingerprint density at radius 3 is 2.46 bits per heavy atom. The van der Waals surface area contributed by atoms with Crippen molar-refractivity contribution in [3.05, 3.63) is 93.4 Å². The third kappa shape index (κ3) is 3.18. The van der Waals surface area contributed by atoms with Gasteiger partial charge >= 0.3 is 0 Å². The third-order valence-corrected chi connectivity index (χ3v) is 5.44. The molecule has 0 aliphatic carbocycles. The number of fused-ring (bicyclic) bond motifs is 1. The van der Waals surface area contributed by atoms with Gasteiger partial charge in [0.25, 0.3) is 0 Å². The quantitative estimate of drug-likeness (QED) is 0.738. The van der Waals surface area contributed by atoms with E-state index in [0.717, 1.165) is 34.1 Å². The number of benzene rings is 2. The second-order valence-corrected chi connectivity index (χ2v) is 7.79. The van der Waals surface area contributed by atoms with Gasteiger partial charge < -0.3 is 9.64 Å². The summed E-state index contributed by atoms with van der Waals surface area (Å²) >= 11 is 1.68. The average Bonchev–Trinajstić information content (AvgIpc) is 3.16. The summed E-state index contributed by atoms with van der Waals surface area (Å²) in [6, 6.07) is 19.2. The fraction of sp³-hybridized carbons (Fsp3) is 0.182. The number of hydrogen-bond acceptors (Lipinski definition) is 2. The predicted octanol–water partition coefficient (Wildman–Crippen LogP) is 3.97. The molecule has 1 atom stereocenters. The average molecular weight is 366 g/mol. The van der Waals surface area contributed by atoms with E-state index in [1.807, 2.05) is 36.4 Å². The Kier molecular flexibility index (Phi) is 4.62. The van der Waals surface area contributed by atoms with Crippen LogP contribution in [0.2, 0.25) is 0 Å². The van der Waals surface area contributed by atoms with Crippen LogP contribution in [-0.4, -0.2) is 20.6 Å². The number of para-hydroxylation sites is 1. The highest BCUT2D eigenvalue weighted by Crippen LogP contribution is 2.45. The highest BCUT2D eigenvalue weighted by molar-refractivity contribution is 7.11. The molecule has 2 heterocycles.